The van der Waals surface area contributed by atoms with Gasteiger partial charge in [0.15, 0.2) is 29.7 Å². The largest absolute Gasteiger partial charge is 0.493 e. The summed E-state index contributed by atoms with van der Waals surface area (Å²) in [5, 5.41) is 2.66. The first-order valence-corrected chi connectivity index (χ1v) is 9.03. The highest BCUT2D eigenvalue weighted by Crippen LogP contribution is 2.28. The van der Waals surface area contributed by atoms with Gasteiger partial charge in [-0.3, -0.25) is 4.79 Å². The number of ether oxygens (including phenoxy) is 3. The standard InChI is InChI=1S/C21H25F2NO4/c1-14(2)8-9-27-18-7-4-15(10-20(18)26-3)12-24-21(25)13-28-19-11-16(22)5-6-17(19)23/h4-7,10-11,14H,8-9,12-13H2,1-3H3,(H,24,25). The molecular formula is C21H25F2NO4. The highest BCUT2D eigenvalue weighted by Gasteiger charge is 2.10. The van der Waals surface area contributed by atoms with Gasteiger partial charge in [0.05, 0.1) is 13.7 Å². The van der Waals surface area contributed by atoms with E-state index >= 15 is 0 Å². The SMILES string of the molecule is COc1cc(CNC(=O)COc2cc(F)ccc2F)ccc1OCCC(C)C. The zero-order chi connectivity index (χ0) is 20.5. The number of nitrogens with one attached hydrogen (secondary N) is 1. The molecule has 0 saturated heterocycles. The summed E-state index contributed by atoms with van der Waals surface area (Å²) in [5.41, 5.74) is 0.804. The number of benzene rings is 2. The predicted molar refractivity (Wildman–Crippen MR) is 102 cm³/mol. The average molecular weight is 393 g/mol. The molecule has 5 nitrogen and oxygen atoms in total. The zero-order valence-electron chi connectivity index (χ0n) is 16.3. The van der Waals surface area contributed by atoms with E-state index in [1.807, 2.05) is 6.07 Å². The molecule has 0 fully saturated rings. The first kappa shape index (κ1) is 21.5. The molecule has 2 rings (SSSR count). The second kappa shape index (κ2) is 10.5. The maximum absolute atomic E-state index is 13.5. The number of hydrogen-bond donors (Lipinski definition) is 1. The Bertz CT molecular complexity index is 796. The van der Waals surface area contributed by atoms with E-state index in [0.717, 1.165) is 30.2 Å². The third kappa shape index (κ3) is 6.72. The van der Waals surface area contributed by atoms with Gasteiger partial charge in [-0.25, -0.2) is 8.78 Å². The van der Waals surface area contributed by atoms with E-state index in [2.05, 4.69) is 19.2 Å². The van der Waals surface area contributed by atoms with Crippen LogP contribution in [0.1, 0.15) is 25.8 Å². The van der Waals surface area contributed by atoms with Crippen LogP contribution >= 0.6 is 0 Å². The highest BCUT2D eigenvalue weighted by molar-refractivity contribution is 5.77. The molecule has 1 amide bonds. The van der Waals surface area contributed by atoms with E-state index in [9.17, 15) is 13.6 Å². The molecule has 0 aliphatic rings. The molecule has 0 spiro atoms. The highest BCUT2D eigenvalue weighted by atomic mass is 19.1. The molecule has 0 bridgehead atoms. The smallest absolute Gasteiger partial charge is 0.258 e. The normalized spacial score (nSPS) is 10.6. The Morgan fingerprint density at radius 3 is 2.54 bits per heavy atom. The fraction of sp³-hybridized carbons (Fsp3) is 0.381. The minimum Gasteiger partial charge on any atom is -0.493 e. The lowest BCUT2D eigenvalue weighted by molar-refractivity contribution is -0.123. The topological polar surface area (TPSA) is 56.8 Å². The number of halogens is 2. The van der Waals surface area contributed by atoms with E-state index in [0.29, 0.717) is 24.0 Å². The van der Waals surface area contributed by atoms with Crippen LogP contribution in [0.2, 0.25) is 0 Å². The van der Waals surface area contributed by atoms with Crippen molar-refractivity contribution in [3.8, 4) is 17.2 Å². The van der Waals surface area contributed by atoms with Gasteiger partial charge in [-0.2, -0.15) is 0 Å². The van der Waals surface area contributed by atoms with Gasteiger partial charge in [-0.1, -0.05) is 19.9 Å². The third-order valence-corrected chi connectivity index (χ3v) is 3.92. The summed E-state index contributed by atoms with van der Waals surface area (Å²) < 4.78 is 42.7. The van der Waals surface area contributed by atoms with Crippen molar-refractivity contribution in [3.05, 3.63) is 53.6 Å². The maximum Gasteiger partial charge on any atom is 0.258 e. The quantitative estimate of drug-likeness (QED) is 0.661. The Kier molecular flexibility index (Phi) is 8.04. The van der Waals surface area contributed by atoms with Crippen molar-refractivity contribution >= 4 is 5.91 Å². The van der Waals surface area contributed by atoms with E-state index in [1.54, 1.807) is 19.2 Å². The van der Waals surface area contributed by atoms with Crippen LogP contribution in [-0.2, 0) is 11.3 Å². The van der Waals surface area contributed by atoms with Crippen LogP contribution in [0.4, 0.5) is 8.78 Å². The molecule has 152 valence electrons. The van der Waals surface area contributed by atoms with Crippen LogP contribution in [0, 0.1) is 17.6 Å². The van der Waals surface area contributed by atoms with Gasteiger partial charge in [0.25, 0.3) is 5.91 Å². The fourth-order valence-electron chi connectivity index (χ4n) is 2.33. The van der Waals surface area contributed by atoms with Crippen molar-refractivity contribution in [2.75, 3.05) is 20.3 Å². The molecule has 1 N–H and O–H groups in total. The van der Waals surface area contributed by atoms with Gasteiger partial charge >= 0.3 is 0 Å². The van der Waals surface area contributed by atoms with Gasteiger partial charge < -0.3 is 19.5 Å². The minimum absolute atomic E-state index is 0.233. The molecule has 0 aliphatic carbocycles. The van der Waals surface area contributed by atoms with Crippen LogP contribution in [0.3, 0.4) is 0 Å². The Morgan fingerprint density at radius 1 is 1.04 bits per heavy atom. The Morgan fingerprint density at radius 2 is 1.82 bits per heavy atom. The molecule has 0 aliphatic heterocycles. The monoisotopic (exact) mass is 393 g/mol. The number of amides is 1. The van der Waals surface area contributed by atoms with Crippen molar-refractivity contribution in [1.82, 2.24) is 5.32 Å². The van der Waals surface area contributed by atoms with Crippen LogP contribution in [0.25, 0.3) is 0 Å². The summed E-state index contributed by atoms with van der Waals surface area (Å²) in [6, 6.07) is 8.20. The average Bonchev–Trinajstić information content (AvgIpc) is 2.67. The lowest BCUT2D eigenvalue weighted by Gasteiger charge is -2.13. The Balaban J connectivity index is 1.85. The van der Waals surface area contributed by atoms with E-state index in [-0.39, 0.29) is 12.3 Å². The first-order valence-electron chi connectivity index (χ1n) is 9.03. The van der Waals surface area contributed by atoms with Crippen LogP contribution in [-0.4, -0.2) is 26.2 Å². The molecule has 0 saturated carbocycles. The lowest BCUT2D eigenvalue weighted by atomic mass is 10.1. The van der Waals surface area contributed by atoms with Crippen molar-refractivity contribution in [2.45, 2.75) is 26.8 Å². The van der Waals surface area contributed by atoms with Gasteiger partial charge in [-0.15, -0.1) is 0 Å². The fourth-order valence-corrected chi connectivity index (χ4v) is 2.33. The molecular weight excluding hydrogens is 368 g/mol. The molecule has 0 atom stereocenters. The van der Waals surface area contributed by atoms with E-state index in [1.165, 1.54) is 0 Å². The number of methoxy groups -OCH3 is 1. The number of carbonyl (C=O) groups excluding carboxylic acids is 1. The summed E-state index contributed by atoms with van der Waals surface area (Å²) in [7, 11) is 1.55. The second-order valence-corrected chi connectivity index (χ2v) is 6.66. The Hall–Kier alpha value is -2.83. The van der Waals surface area contributed by atoms with Crippen molar-refractivity contribution in [1.29, 1.82) is 0 Å². The number of carbonyl (C=O) groups is 1. The van der Waals surface area contributed by atoms with Gasteiger partial charge in [0.2, 0.25) is 0 Å². The van der Waals surface area contributed by atoms with Crippen molar-refractivity contribution in [2.24, 2.45) is 5.92 Å². The summed E-state index contributed by atoms with van der Waals surface area (Å²) >= 11 is 0. The summed E-state index contributed by atoms with van der Waals surface area (Å²) in [6.45, 7) is 4.65. The van der Waals surface area contributed by atoms with Crippen LogP contribution in [0.15, 0.2) is 36.4 Å². The molecule has 0 unspecified atom stereocenters. The van der Waals surface area contributed by atoms with Crippen LogP contribution in [0.5, 0.6) is 17.2 Å². The zero-order valence-corrected chi connectivity index (χ0v) is 16.3. The summed E-state index contributed by atoms with van der Waals surface area (Å²) in [6.07, 6.45) is 0.937. The molecule has 7 heteroatoms. The van der Waals surface area contributed by atoms with Gasteiger partial charge in [0, 0.05) is 12.6 Å². The molecule has 2 aromatic carbocycles. The van der Waals surface area contributed by atoms with E-state index < -0.39 is 24.1 Å². The molecule has 0 heterocycles. The summed E-state index contributed by atoms with van der Waals surface area (Å²) in [4.78, 5) is 11.9. The third-order valence-electron chi connectivity index (χ3n) is 3.92. The predicted octanol–water partition coefficient (Wildman–Crippen LogP) is 4.09. The lowest BCUT2D eigenvalue weighted by Crippen LogP contribution is -2.28. The second-order valence-electron chi connectivity index (χ2n) is 6.66. The van der Waals surface area contributed by atoms with E-state index in [4.69, 9.17) is 14.2 Å². The maximum atomic E-state index is 13.5. The Labute approximate surface area is 163 Å². The molecule has 0 aromatic heterocycles. The number of hydrogen-bond acceptors (Lipinski definition) is 4. The molecule has 0 radical (unpaired) electrons. The molecule has 2 aromatic rings. The van der Waals surface area contributed by atoms with Gasteiger partial charge in [0.1, 0.15) is 5.82 Å². The van der Waals surface area contributed by atoms with Crippen molar-refractivity contribution in [3.63, 3.8) is 0 Å². The number of rotatable bonds is 10. The van der Waals surface area contributed by atoms with Gasteiger partial charge in [-0.05, 0) is 42.2 Å². The van der Waals surface area contributed by atoms with Crippen molar-refractivity contribution < 1.29 is 27.8 Å². The summed E-state index contributed by atoms with van der Waals surface area (Å²) in [5.74, 6) is -0.369. The molecule has 28 heavy (non-hydrogen) atoms. The minimum atomic E-state index is -0.730. The first-order chi connectivity index (χ1) is 13.4. The van der Waals surface area contributed by atoms with Crippen LogP contribution < -0.4 is 19.5 Å².